The molecule has 0 spiro atoms. The Hall–Kier alpha value is -2.60. The molecule has 0 unspecified atom stereocenters. The van der Waals surface area contributed by atoms with Crippen LogP contribution in [0.4, 0.5) is 0 Å². The molecule has 1 aromatic carbocycles. The van der Waals surface area contributed by atoms with Gasteiger partial charge in [0, 0.05) is 18.0 Å². The van der Waals surface area contributed by atoms with Crippen molar-refractivity contribution in [2.45, 2.75) is 0 Å². The second kappa shape index (κ2) is 7.75. The first kappa shape index (κ1) is 15.5. The summed E-state index contributed by atoms with van der Waals surface area (Å²) in [5.41, 5.74) is 8.46. The van der Waals surface area contributed by atoms with Crippen LogP contribution in [0.15, 0.2) is 17.2 Å². The molecule has 0 aliphatic heterocycles. The number of carbonyl (C=O) groups is 1. The molecule has 8 heteroatoms. The molecule has 20 heavy (non-hydrogen) atoms. The Morgan fingerprint density at radius 2 is 1.95 bits per heavy atom. The Kier molecular flexibility index (Phi) is 5.99. The second-order valence-electron chi connectivity index (χ2n) is 3.59. The zero-order chi connectivity index (χ0) is 15.0. The molecule has 0 fully saturated rings. The lowest BCUT2D eigenvalue weighted by molar-refractivity contribution is 0.0951. The van der Waals surface area contributed by atoms with Gasteiger partial charge in [-0.2, -0.15) is 0 Å². The monoisotopic (exact) mass is 280 g/mol. The van der Waals surface area contributed by atoms with Crippen molar-refractivity contribution < 1.29 is 19.0 Å². The van der Waals surface area contributed by atoms with Crippen LogP contribution in [0.25, 0.3) is 10.4 Å². The molecule has 0 aliphatic carbocycles. The van der Waals surface area contributed by atoms with E-state index in [-0.39, 0.29) is 24.7 Å². The molecule has 0 aliphatic rings. The fourth-order valence-corrected chi connectivity index (χ4v) is 1.64. The Labute approximate surface area is 116 Å². The summed E-state index contributed by atoms with van der Waals surface area (Å²) in [6, 6.07) is 3.19. The lowest BCUT2D eigenvalue weighted by atomic mass is 10.1. The summed E-state index contributed by atoms with van der Waals surface area (Å²) in [5.74, 6) is 0.747. The van der Waals surface area contributed by atoms with Gasteiger partial charge >= 0.3 is 0 Å². The highest BCUT2D eigenvalue weighted by Gasteiger charge is 2.20. The number of hydrogen-bond donors (Lipinski definition) is 1. The summed E-state index contributed by atoms with van der Waals surface area (Å²) < 4.78 is 15.5. The van der Waals surface area contributed by atoms with Gasteiger partial charge in [0.05, 0.1) is 26.9 Å². The Balaban J connectivity index is 2.99. The van der Waals surface area contributed by atoms with Crippen molar-refractivity contribution in [3.63, 3.8) is 0 Å². The summed E-state index contributed by atoms with van der Waals surface area (Å²) in [5, 5.41) is 5.95. The second-order valence-corrected chi connectivity index (χ2v) is 3.59. The fourth-order valence-electron chi connectivity index (χ4n) is 1.64. The van der Waals surface area contributed by atoms with Gasteiger partial charge in [-0.3, -0.25) is 4.79 Å². The van der Waals surface area contributed by atoms with Gasteiger partial charge in [-0.25, -0.2) is 0 Å². The number of nitrogens with zero attached hydrogens (tertiary/aromatic N) is 3. The molecule has 0 atom stereocenters. The van der Waals surface area contributed by atoms with Crippen LogP contribution >= 0.6 is 0 Å². The number of hydrogen-bond acceptors (Lipinski definition) is 5. The largest absolute Gasteiger partial charge is 0.493 e. The number of azide groups is 1. The Morgan fingerprint density at radius 3 is 2.50 bits per heavy atom. The van der Waals surface area contributed by atoms with E-state index in [9.17, 15) is 4.79 Å². The number of carbonyl (C=O) groups excluding carboxylic acids is 1. The van der Waals surface area contributed by atoms with Gasteiger partial charge in [0.1, 0.15) is 0 Å². The normalized spacial score (nSPS) is 9.35. The number of benzene rings is 1. The first-order chi connectivity index (χ1) is 9.69. The molecule has 108 valence electrons. The summed E-state index contributed by atoms with van der Waals surface area (Å²) >= 11 is 0. The van der Waals surface area contributed by atoms with Crippen molar-refractivity contribution in [2.24, 2.45) is 5.11 Å². The van der Waals surface area contributed by atoms with Gasteiger partial charge in [0.25, 0.3) is 5.91 Å². The molecule has 0 saturated carbocycles. The maximum atomic E-state index is 12.0. The van der Waals surface area contributed by atoms with Crippen molar-refractivity contribution in [1.82, 2.24) is 5.32 Å². The standard InChI is InChI=1S/C12H16N4O4/c1-18-9-5-4-8(10(19-2)11(9)20-3)12(17)14-6-7-15-16-13/h4-5H,6-7H2,1-3H3,(H,14,17). The van der Waals surface area contributed by atoms with Gasteiger partial charge in [-0.05, 0) is 17.7 Å². The van der Waals surface area contributed by atoms with Crippen LogP contribution in [0.1, 0.15) is 10.4 Å². The number of rotatable bonds is 7. The van der Waals surface area contributed by atoms with Crippen LogP contribution in [-0.4, -0.2) is 40.3 Å². The van der Waals surface area contributed by atoms with Crippen LogP contribution in [0.2, 0.25) is 0 Å². The molecule has 1 aromatic rings. The van der Waals surface area contributed by atoms with E-state index in [2.05, 4.69) is 15.3 Å². The molecule has 0 aromatic heterocycles. The highest BCUT2D eigenvalue weighted by atomic mass is 16.5. The zero-order valence-corrected chi connectivity index (χ0v) is 11.5. The van der Waals surface area contributed by atoms with E-state index >= 15 is 0 Å². The molecule has 8 nitrogen and oxygen atoms in total. The minimum Gasteiger partial charge on any atom is -0.493 e. The fraction of sp³-hybridized carbons (Fsp3) is 0.417. The third-order valence-corrected chi connectivity index (χ3v) is 2.51. The zero-order valence-electron chi connectivity index (χ0n) is 11.5. The third-order valence-electron chi connectivity index (χ3n) is 2.51. The number of amides is 1. The highest BCUT2D eigenvalue weighted by molar-refractivity contribution is 5.98. The van der Waals surface area contributed by atoms with Crippen LogP contribution < -0.4 is 19.5 Å². The van der Waals surface area contributed by atoms with E-state index in [0.29, 0.717) is 17.1 Å². The summed E-state index contributed by atoms with van der Waals surface area (Å²) in [6.07, 6.45) is 0. The molecule has 1 rings (SSSR count). The van der Waals surface area contributed by atoms with Crippen molar-refractivity contribution in [3.05, 3.63) is 28.1 Å². The first-order valence-corrected chi connectivity index (χ1v) is 5.77. The predicted molar refractivity (Wildman–Crippen MR) is 72.4 cm³/mol. The summed E-state index contributed by atoms with van der Waals surface area (Å²) in [6.45, 7) is 0.415. The third kappa shape index (κ3) is 3.46. The maximum absolute atomic E-state index is 12.0. The van der Waals surface area contributed by atoms with Gasteiger partial charge in [0.15, 0.2) is 11.5 Å². The predicted octanol–water partition coefficient (Wildman–Crippen LogP) is 1.75. The van der Waals surface area contributed by atoms with Crippen LogP contribution in [0.3, 0.4) is 0 Å². The van der Waals surface area contributed by atoms with Crippen LogP contribution in [-0.2, 0) is 0 Å². The van der Waals surface area contributed by atoms with Gasteiger partial charge in [-0.15, -0.1) is 0 Å². The lowest BCUT2D eigenvalue weighted by Crippen LogP contribution is -2.26. The number of methoxy groups -OCH3 is 3. The minimum absolute atomic E-state index is 0.178. The molecule has 0 saturated heterocycles. The van der Waals surface area contributed by atoms with E-state index in [0.717, 1.165) is 0 Å². The quantitative estimate of drug-likeness (QED) is 0.355. The van der Waals surface area contributed by atoms with E-state index < -0.39 is 0 Å². The summed E-state index contributed by atoms with van der Waals surface area (Å²) in [7, 11) is 4.40. The van der Waals surface area contributed by atoms with E-state index in [1.807, 2.05) is 0 Å². The molecule has 0 bridgehead atoms. The Morgan fingerprint density at radius 1 is 1.25 bits per heavy atom. The number of ether oxygens (including phenoxy) is 3. The molecule has 0 radical (unpaired) electrons. The SMILES string of the molecule is COc1ccc(C(=O)NCCN=[N+]=[N-])c(OC)c1OC. The average molecular weight is 280 g/mol. The van der Waals surface area contributed by atoms with Gasteiger partial charge in [-0.1, -0.05) is 5.11 Å². The van der Waals surface area contributed by atoms with Crippen LogP contribution in [0.5, 0.6) is 17.2 Å². The number of nitrogens with one attached hydrogen (secondary N) is 1. The summed E-state index contributed by atoms with van der Waals surface area (Å²) in [4.78, 5) is 14.6. The molecular weight excluding hydrogens is 264 g/mol. The highest BCUT2D eigenvalue weighted by Crippen LogP contribution is 2.39. The molecule has 0 heterocycles. The van der Waals surface area contributed by atoms with Crippen LogP contribution in [0, 0.1) is 0 Å². The van der Waals surface area contributed by atoms with E-state index in [1.165, 1.54) is 21.3 Å². The first-order valence-electron chi connectivity index (χ1n) is 5.77. The molecular formula is C12H16N4O4. The molecule has 1 N–H and O–H groups in total. The lowest BCUT2D eigenvalue weighted by Gasteiger charge is -2.15. The van der Waals surface area contributed by atoms with Crippen molar-refractivity contribution >= 4 is 5.91 Å². The van der Waals surface area contributed by atoms with E-state index in [1.54, 1.807) is 12.1 Å². The maximum Gasteiger partial charge on any atom is 0.255 e. The minimum atomic E-state index is -0.351. The Bertz CT molecular complexity index is 526. The van der Waals surface area contributed by atoms with Crippen molar-refractivity contribution in [1.29, 1.82) is 0 Å². The average Bonchev–Trinajstić information content (AvgIpc) is 2.49. The smallest absolute Gasteiger partial charge is 0.255 e. The van der Waals surface area contributed by atoms with Gasteiger partial charge < -0.3 is 19.5 Å². The van der Waals surface area contributed by atoms with Crippen molar-refractivity contribution in [2.75, 3.05) is 34.4 Å². The molecule has 1 amide bonds. The van der Waals surface area contributed by atoms with Crippen molar-refractivity contribution in [3.8, 4) is 17.2 Å². The van der Waals surface area contributed by atoms with E-state index in [4.69, 9.17) is 19.7 Å². The topological polar surface area (TPSA) is 106 Å². The van der Waals surface area contributed by atoms with Gasteiger partial charge in [0.2, 0.25) is 5.75 Å².